The van der Waals surface area contributed by atoms with E-state index in [0.29, 0.717) is 28.5 Å². The molecule has 0 amide bonds. The fourth-order valence-corrected chi connectivity index (χ4v) is 5.71. The summed E-state index contributed by atoms with van der Waals surface area (Å²) < 4.78 is 0. The highest BCUT2D eigenvalue weighted by atomic mass is 32.2. The van der Waals surface area contributed by atoms with Gasteiger partial charge in [0.25, 0.3) is 0 Å². The molecule has 0 aromatic carbocycles. The summed E-state index contributed by atoms with van der Waals surface area (Å²) in [5.74, 6) is 3.02. The lowest BCUT2D eigenvalue weighted by Crippen LogP contribution is -2.47. The van der Waals surface area contributed by atoms with E-state index in [1.54, 1.807) is 0 Å². The highest BCUT2D eigenvalue weighted by molar-refractivity contribution is 8.01. The fraction of sp³-hybridized carbons (Fsp3) is 0.500. The summed E-state index contributed by atoms with van der Waals surface area (Å²) in [5, 5.41) is 8.45. The Morgan fingerprint density at radius 3 is 3.00 bits per heavy atom. The number of rotatable bonds is 1. The smallest absolute Gasteiger partial charge is 0.0426 e. The molecule has 0 aromatic rings. The molecule has 0 radical (unpaired) electrons. The normalized spacial score (nSPS) is 42.8. The summed E-state index contributed by atoms with van der Waals surface area (Å²) >= 11 is 4.13. The maximum atomic E-state index is 3.69. The van der Waals surface area contributed by atoms with E-state index in [4.69, 9.17) is 0 Å². The third-order valence-corrected chi connectivity index (χ3v) is 6.94. The van der Waals surface area contributed by atoms with Crippen LogP contribution < -0.4 is 10.6 Å². The quantitative estimate of drug-likeness (QED) is 0.776. The van der Waals surface area contributed by atoms with E-state index in [1.165, 1.54) is 11.3 Å². The van der Waals surface area contributed by atoms with Crippen molar-refractivity contribution in [1.29, 1.82) is 0 Å². The SMILES string of the molecule is C1=CC2NCC(C3=CC4CSCNC4C=C3)SC2C=C1. The summed E-state index contributed by atoms with van der Waals surface area (Å²) in [6, 6.07) is 1.08. The molecule has 4 rings (SSSR count). The summed E-state index contributed by atoms with van der Waals surface area (Å²) in [5.41, 5.74) is 1.52. The highest BCUT2D eigenvalue weighted by Gasteiger charge is 2.32. The van der Waals surface area contributed by atoms with Crippen molar-refractivity contribution in [3.63, 3.8) is 0 Å². The molecule has 4 heteroatoms. The van der Waals surface area contributed by atoms with E-state index in [-0.39, 0.29) is 0 Å². The van der Waals surface area contributed by atoms with Crippen LogP contribution in [0.4, 0.5) is 0 Å². The van der Waals surface area contributed by atoms with E-state index in [9.17, 15) is 0 Å². The minimum atomic E-state index is 0.522. The van der Waals surface area contributed by atoms with Crippen LogP contribution in [0, 0.1) is 5.92 Å². The zero-order valence-corrected chi connectivity index (χ0v) is 13.0. The van der Waals surface area contributed by atoms with Crippen LogP contribution in [0.2, 0.25) is 0 Å². The third kappa shape index (κ3) is 2.54. The average molecular weight is 304 g/mol. The number of allylic oxidation sites excluding steroid dienone is 3. The Bertz CT molecular complexity index is 495. The Morgan fingerprint density at radius 2 is 2.00 bits per heavy atom. The number of fused-ring (bicyclic) bond motifs is 2. The zero-order valence-electron chi connectivity index (χ0n) is 11.4. The predicted molar refractivity (Wildman–Crippen MR) is 90.2 cm³/mol. The standard InChI is InChI=1S/C16H20N2S2/c1-2-4-15-14(3-1)17-8-16(20-15)11-5-6-13-12(7-11)9-19-10-18-13/h1-7,12-18H,8-10H2. The molecule has 106 valence electrons. The van der Waals surface area contributed by atoms with Crippen molar-refractivity contribution in [2.75, 3.05) is 18.2 Å². The predicted octanol–water partition coefficient (Wildman–Crippen LogP) is 2.33. The second-order valence-electron chi connectivity index (χ2n) is 5.73. The van der Waals surface area contributed by atoms with Crippen LogP contribution in [0.5, 0.6) is 0 Å². The van der Waals surface area contributed by atoms with Gasteiger partial charge >= 0.3 is 0 Å². The Hall–Kier alpha value is -0.420. The van der Waals surface area contributed by atoms with Gasteiger partial charge in [0.05, 0.1) is 0 Å². The molecule has 2 aliphatic carbocycles. The lowest BCUT2D eigenvalue weighted by molar-refractivity contribution is 0.515. The summed E-state index contributed by atoms with van der Waals surface area (Å²) in [7, 11) is 0. The molecule has 2 fully saturated rings. The lowest BCUT2D eigenvalue weighted by Gasteiger charge is -2.38. The van der Waals surface area contributed by atoms with Crippen LogP contribution in [0.15, 0.2) is 48.1 Å². The molecule has 0 spiro atoms. The minimum absolute atomic E-state index is 0.522. The van der Waals surface area contributed by atoms with Gasteiger partial charge in [0.15, 0.2) is 0 Å². The number of hydrogen-bond donors (Lipinski definition) is 2. The molecule has 2 heterocycles. The third-order valence-electron chi connectivity index (χ3n) is 4.41. The van der Waals surface area contributed by atoms with E-state index in [1.807, 2.05) is 11.8 Å². The van der Waals surface area contributed by atoms with Crippen molar-refractivity contribution in [2.24, 2.45) is 5.92 Å². The fourth-order valence-electron chi connectivity index (χ4n) is 3.28. The molecule has 4 aliphatic rings. The minimum Gasteiger partial charge on any atom is -0.308 e. The van der Waals surface area contributed by atoms with Crippen molar-refractivity contribution >= 4 is 23.5 Å². The van der Waals surface area contributed by atoms with Gasteiger partial charge in [0.1, 0.15) is 0 Å². The highest BCUT2D eigenvalue weighted by Crippen LogP contribution is 2.36. The second kappa shape index (κ2) is 5.76. The maximum Gasteiger partial charge on any atom is 0.0426 e. The second-order valence-corrected chi connectivity index (χ2v) is 8.14. The first-order chi connectivity index (χ1) is 9.90. The molecular formula is C16H20N2S2. The first kappa shape index (κ1) is 13.3. The van der Waals surface area contributed by atoms with Crippen molar-refractivity contribution in [2.45, 2.75) is 22.6 Å². The van der Waals surface area contributed by atoms with Crippen LogP contribution in [-0.2, 0) is 0 Å². The van der Waals surface area contributed by atoms with Gasteiger partial charge in [-0.05, 0) is 5.57 Å². The zero-order chi connectivity index (χ0) is 13.4. The van der Waals surface area contributed by atoms with Gasteiger partial charge < -0.3 is 10.6 Å². The molecule has 2 saturated heterocycles. The Kier molecular flexibility index (Phi) is 3.82. The van der Waals surface area contributed by atoms with Gasteiger partial charge in [-0.2, -0.15) is 0 Å². The van der Waals surface area contributed by atoms with Gasteiger partial charge in [-0.15, -0.1) is 23.5 Å². The molecule has 2 nitrogen and oxygen atoms in total. The number of hydrogen-bond acceptors (Lipinski definition) is 4. The molecule has 0 bridgehead atoms. The first-order valence-electron chi connectivity index (χ1n) is 7.35. The molecule has 5 atom stereocenters. The van der Waals surface area contributed by atoms with Crippen LogP contribution in [0.3, 0.4) is 0 Å². The van der Waals surface area contributed by atoms with Crippen molar-refractivity contribution in [3.8, 4) is 0 Å². The number of nitrogens with one attached hydrogen (secondary N) is 2. The Balaban J connectivity index is 1.48. The Morgan fingerprint density at radius 1 is 1.05 bits per heavy atom. The van der Waals surface area contributed by atoms with Gasteiger partial charge in [-0.1, -0.05) is 42.5 Å². The number of thioether (sulfide) groups is 2. The van der Waals surface area contributed by atoms with Gasteiger partial charge in [0.2, 0.25) is 0 Å². The van der Waals surface area contributed by atoms with Crippen LogP contribution >= 0.6 is 23.5 Å². The molecular weight excluding hydrogens is 284 g/mol. The van der Waals surface area contributed by atoms with E-state index in [0.717, 1.165) is 12.4 Å². The molecule has 2 N–H and O–H groups in total. The van der Waals surface area contributed by atoms with Gasteiger partial charge in [-0.25, -0.2) is 0 Å². The average Bonchev–Trinajstić information content (AvgIpc) is 2.54. The van der Waals surface area contributed by atoms with Crippen LogP contribution in [0.25, 0.3) is 0 Å². The largest absolute Gasteiger partial charge is 0.308 e. The maximum absolute atomic E-state index is 3.69. The summed E-state index contributed by atoms with van der Waals surface area (Å²) in [4.78, 5) is 0. The lowest BCUT2D eigenvalue weighted by atomic mass is 9.91. The Labute approximate surface area is 129 Å². The van der Waals surface area contributed by atoms with Crippen LogP contribution in [-0.4, -0.2) is 40.8 Å². The topological polar surface area (TPSA) is 24.1 Å². The van der Waals surface area contributed by atoms with Crippen molar-refractivity contribution in [1.82, 2.24) is 10.6 Å². The van der Waals surface area contributed by atoms with Crippen LogP contribution in [0.1, 0.15) is 0 Å². The van der Waals surface area contributed by atoms with E-state index < -0.39 is 0 Å². The molecule has 2 aliphatic heterocycles. The van der Waals surface area contributed by atoms with Gasteiger partial charge in [-0.3, -0.25) is 0 Å². The van der Waals surface area contributed by atoms with Crippen molar-refractivity contribution in [3.05, 3.63) is 48.1 Å². The van der Waals surface area contributed by atoms with E-state index in [2.05, 4.69) is 64.9 Å². The summed E-state index contributed by atoms with van der Waals surface area (Å²) in [6.45, 7) is 1.08. The van der Waals surface area contributed by atoms with Crippen molar-refractivity contribution < 1.29 is 0 Å². The summed E-state index contributed by atoms with van der Waals surface area (Å²) in [6.07, 6.45) is 16.2. The monoisotopic (exact) mass is 304 g/mol. The molecule has 5 unspecified atom stereocenters. The molecule has 0 aromatic heterocycles. The van der Waals surface area contributed by atoms with Gasteiger partial charge in [0, 0.05) is 46.7 Å². The molecule has 20 heavy (non-hydrogen) atoms. The first-order valence-corrected chi connectivity index (χ1v) is 9.45. The molecule has 0 saturated carbocycles. The van der Waals surface area contributed by atoms with E-state index >= 15 is 0 Å².